The smallest absolute Gasteiger partial charge is 0.318 e. The Labute approximate surface area is 151 Å². The van der Waals surface area contributed by atoms with Crippen molar-refractivity contribution >= 4 is 14.3 Å². The number of hydrogen-bond donors (Lipinski definition) is 1. The van der Waals surface area contributed by atoms with E-state index in [4.69, 9.17) is 4.43 Å². The van der Waals surface area contributed by atoms with Gasteiger partial charge in [-0.05, 0) is 18.1 Å². The second-order valence-electron chi connectivity index (χ2n) is 7.25. The fraction of sp³-hybridized carbons (Fsp3) is 0.950. The van der Waals surface area contributed by atoms with Gasteiger partial charge in [-0.1, -0.05) is 97.8 Å². The second kappa shape index (κ2) is 16.1. The lowest BCUT2D eigenvalue weighted by Gasteiger charge is -2.31. The maximum atomic E-state index is 11.9. The summed E-state index contributed by atoms with van der Waals surface area (Å²) in [5, 5.41) is 9.17. The Bertz CT molecular complexity index is 263. The molecule has 0 saturated carbocycles. The molecule has 0 aromatic carbocycles. The second-order valence-corrected chi connectivity index (χ2v) is 11.3. The number of carbonyl (C=O) groups excluding carboxylic acids is 1. The van der Waals surface area contributed by atoms with E-state index in [1.54, 1.807) is 0 Å². The Morgan fingerprint density at radius 1 is 0.708 bits per heavy atom. The van der Waals surface area contributed by atoms with Crippen LogP contribution in [-0.4, -0.2) is 26.0 Å². The lowest BCUT2D eigenvalue weighted by molar-refractivity contribution is -0.138. The predicted molar refractivity (Wildman–Crippen MR) is 106 cm³/mol. The van der Waals surface area contributed by atoms with Crippen molar-refractivity contribution in [2.75, 3.05) is 6.61 Å². The summed E-state index contributed by atoms with van der Waals surface area (Å²) in [4.78, 5) is 11.9. The van der Waals surface area contributed by atoms with Gasteiger partial charge in [0.15, 0.2) is 0 Å². The first-order chi connectivity index (χ1) is 11.6. The van der Waals surface area contributed by atoms with Crippen molar-refractivity contribution in [3.05, 3.63) is 0 Å². The fourth-order valence-electron chi connectivity index (χ4n) is 3.42. The summed E-state index contributed by atoms with van der Waals surface area (Å²) in [6, 6.07) is 3.28. The summed E-state index contributed by atoms with van der Waals surface area (Å²) < 4.78 is 5.98. The van der Waals surface area contributed by atoms with E-state index in [-0.39, 0.29) is 5.97 Å². The van der Waals surface area contributed by atoms with Gasteiger partial charge in [-0.15, -0.1) is 0 Å². The molecule has 0 aliphatic rings. The van der Waals surface area contributed by atoms with Crippen molar-refractivity contribution < 1.29 is 14.3 Å². The van der Waals surface area contributed by atoms with Gasteiger partial charge >= 0.3 is 5.97 Å². The van der Waals surface area contributed by atoms with Gasteiger partial charge in [0, 0.05) is 0 Å². The molecule has 3 nitrogen and oxygen atoms in total. The fourth-order valence-corrected chi connectivity index (χ4v) is 7.71. The molecule has 0 fully saturated rings. The maximum absolute atomic E-state index is 11.9. The van der Waals surface area contributed by atoms with Gasteiger partial charge in [0.05, 0.1) is 0 Å². The first-order valence-electron chi connectivity index (χ1n) is 10.5. The minimum absolute atomic E-state index is 0.386. The van der Waals surface area contributed by atoms with Gasteiger partial charge in [0.1, 0.15) is 6.61 Å². The standard InChI is InChI=1S/C20H42O3Si/c1-4-7-10-13-16-24(23-20(22)19-21,17-14-11-8-5-2)18-15-12-9-6-3/h21H,4-19H2,1-3H3. The maximum Gasteiger partial charge on any atom is 0.318 e. The minimum atomic E-state index is -2.04. The molecule has 0 atom stereocenters. The highest BCUT2D eigenvalue weighted by Crippen LogP contribution is 2.31. The molecule has 24 heavy (non-hydrogen) atoms. The zero-order valence-corrected chi connectivity index (χ0v) is 17.6. The molecule has 144 valence electrons. The average Bonchev–Trinajstić information content (AvgIpc) is 2.59. The molecule has 4 heteroatoms. The molecule has 0 heterocycles. The van der Waals surface area contributed by atoms with Crippen molar-refractivity contribution in [2.24, 2.45) is 0 Å². The van der Waals surface area contributed by atoms with E-state index in [0.717, 1.165) is 18.1 Å². The summed E-state index contributed by atoms with van der Waals surface area (Å²) >= 11 is 0. The molecule has 0 radical (unpaired) electrons. The van der Waals surface area contributed by atoms with Crippen LogP contribution < -0.4 is 0 Å². The van der Waals surface area contributed by atoms with Gasteiger partial charge in [0.25, 0.3) is 8.32 Å². The third-order valence-electron chi connectivity index (χ3n) is 4.92. The van der Waals surface area contributed by atoms with Gasteiger partial charge in [-0.2, -0.15) is 0 Å². The number of aliphatic hydroxyl groups excluding tert-OH is 1. The van der Waals surface area contributed by atoms with Crippen LogP contribution in [0.25, 0.3) is 0 Å². The van der Waals surface area contributed by atoms with Crippen LogP contribution >= 0.6 is 0 Å². The van der Waals surface area contributed by atoms with Crippen molar-refractivity contribution in [1.82, 2.24) is 0 Å². The molecule has 0 amide bonds. The minimum Gasteiger partial charge on any atom is -0.517 e. The lowest BCUT2D eigenvalue weighted by atomic mass is 10.2. The first kappa shape index (κ1) is 23.6. The van der Waals surface area contributed by atoms with Gasteiger partial charge in [-0.25, -0.2) is 0 Å². The molecule has 0 aliphatic carbocycles. The van der Waals surface area contributed by atoms with E-state index in [1.807, 2.05) is 0 Å². The van der Waals surface area contributed by atoms with E-state index in [1.165, 1.54) is 77.0 Å². The molecular formula is C20H42O3Si. The van der Waals surface area contributed by atoms with Crippen LogP contribution in [0.15, 0.2) is 0 Å². The Morgan fingerprint density at radius 3 is 1.38 bits per heavy atom. The van der Waals surface area contributed by atoms with Crippen molar-refractivity contribution in [3.63, 3.8) is 0 Å². The van der Waals surface area contributed by atoms with Crippen molar-refractivity contribution in [3.8, 4) is 0 Å². The molecule has 0 rings (SSSR count). The molecule has 0 spiro atoms. The van der Waals surface area contributed by atoms with Crippen LogP contribution in [0.1, 0.15) is 97.8 Å². The summed E-state index contributed by atoms with van der Waals surface area (Å²) in [6.07, 6.45) is 14.8. The number of hydrogen-bond acceptors (Lipinski definition) is 3. The average molecular weight is 359 g/mol. The van der Waals surface area contributed by atoms with Crippen LogP contribution in [0.5, 0.6) is 0 Å². The molecule has 0 saturated heterocycles. The molecule has 0 aliphatic heterocycles. The highest BCUT2D eigenvalue weighted by molar-refractivity contribution is 6.75. The number of unbranched alkanes of at least 4 members (excludes halogenated alkanes) is 9. The van der Waals surface area contributed by atoms with Crippen LogP contribution in [0.3, 0.4) is 0 Å². The third kappa shape index (κ3) is 12.1. The van der Waals surface area contributed by atoms with Crippen LogP contribution in [0.2, 0.25) is 18.1 Å². The first-order valence-corrected chi connectivity index (χ1v) is 13.0. The molecule has 1 N–H and O–H groups in total. The van der Waals surface area contributed by atoms with E-state index in [2.05, 4.69) is 20.8 Å². The Kier molecular flexibility index (Phi) is 15.9. The predicted octanol–water partition coefficient (Wildman–Crippen LogP) is 6.21. The van der Waals surface area contributed by atoms with Crippen LogP contribution in [-0.2, 0) is 9.22 Å². The number of rotatable bonds is 17. The Hall–Kier alpha value is -0.353. The number of aliphatic hydroxyl groups is 1. The van der Waals surface area contributed by atoms with E-state index >= 15 is 0 Å². The molecule has 0 aromatic heterocycles. The zero-order valence-electron chi connectivity index (χ0n) is 16.6. The van der Waals surface area contributed by atoms with E-state index in [0.29, 0.717) is 0 Å². The Morgan fingerprint density at radius 2 is 1.08 bits per heavy atom. The zero-order chi connectivity index (χ0) is 18.1. The normalized spacial score (nSPS) is 11.7. The van der Waals surface area contributed by atoms with Crippen LogP contribution in [0, 0.1) is 0 Å². The van der Waals surface area contributed by atoms with Crippen LogP contribution in [0.4, 0.5) is 0 Å². The monoisotopic (exact) mass is 358 g/mol. The Balaban J connectivity index is 4.74. The quantitative estimate of drug-likeness (QED) is 0.248. The summed E-state index contributed by atoms with van der Waals surface area (Å²) in [6.45, 7) is 6.22. The largest absolute Gasteiger partial charge is 0.517 e. The van der Waals surface area contributed by atoms with Crippen molar-refractivity contribution in [1.29, 1.82) is 0 Å². The molecule has 0 bridgehead atoms. The van der Waals surface area contributed by atoms with Gasteiger partial charge in [-0.3, -0.25) is 4.79 Å². The molecular weight excluding hydrogens is 316 g/mol. The number of carbonyl (C=O) groups is 1. The third-order valence-corrected chi connectivity index (χ3v) is 9.37. The molecule has 0 aromatic rings. The van der Waals surface area contributed by atoms with Crippen molar-refractivity contribution in [2.45, 2.75) is 116 Å². The highest BCUT2D eigenvalue weighted by Gasteiger charge is 2.36. The lowest BCUT2D eigenvalue weighted by Crippen LogP contribution is -2.41. The highest BCUT2D eigenvalue weighted by atomic mass is 28.4. The summed E-state index contributed by atoms with van der Waals surface area (Å²) in [5.74, 6) is -0.386. The summed E-state index contributed by atoms with van der Waals surface area (Å²) in [5.41, 5.74) is 0. The SMILES string of the molecule is CCCCCC[Si](CCCCCC)(CCCCCC)OC(=O)CO. The van der Waals surface area contributed by atoms with Gasteiger partial charge in [0.2, 0.25) is 0 Å². The van der Waals surface area contributed by atoms with E-state index < -0.39 is 14.9 Å². The summed E-state index contributed by atoms with van der Waals surface area (Å²) in [7, 11) is -2.04. The van der Waals surface area contributed by atoms with E-state index in [9.17, 15) is 9.90 Å². The molecule has 0 unspecified atom stereocenters. The van der Waals surface area contributed by atoms with Gasteiger partial charge < -0.3 is 9.53 Å². The topological polar surface area (TPSA) is 46.5 Å².